The molecule has 0 unspecified atom stereocenters. The third-order valence-corrected chi connectivity index (χ3v) is 8.63. The van der Waals surface area contributed by atoms with E-state index in [2.05, 4.69) is 5.32 Å². The molecule has 2 aromatic carbocycles. The summed E-state index contributed by atoms with van der Waals surface area (Å²) in [7, 11) is -3.74. The maximum atomic E-state index is 13.4. The number of carbonyl (C=O) groups excluding carboxylic acids is 2. The number of nitrogens with zero attached hydrogens (tertiary/aromatic N) is 2. The molecule has 8 heteroatoms. The minimum Gasteiger partial charge on any atom is -0.326 e. The molecule has 0 aromatic heterocycles. The van der Waals surface area contributed by atoms with Crippen molar-refractivity contribution in [3.8, 4) is 0 Å². The molecule has 2 heterocycles. The molecule has 2 amide bonds. The summed E-state index contributed by atoms with van der Waals surface area (Å²) in [5.41, 5.74) is 4.61. The first-order chi connectivity index (χ1) is 15.6. The first-order valence-corrected chi connectivity index (χ1v) is 12.8. The maximum absolute atomic E-state index is 13.4. The fourth-order valence-electron chi connectivity index (χ4n) is 4.84. The second-order valence-electron chi connectivity index (χ2n) is 9.22. The Morgan fingerprint density at radius 1 is 1.06 bits per heavy atom. The van der Waals surface area contributed by atoms with Gasteiger partial charge in [-0.2, -0.15) is 4.31 Å². The monoisotopic (exact) mass is 469 g/mol. The van der Waals surface area contributed by atoms with Gasteiger partial charge in [-0.3, -0.25) is 9.59 Å². The number of anilines is 2. The molecule has 0 spiro atoms. The lowest BCUT2D eigenvalue weighted by Crippen LogP contribution is -2.43. The summed E-state index contributed by atoms with van der Waals surface area (Å²) in [6, 6.07) is 10.7. The van der Waals surface area contributed by atoms with Crippen molar-refractivity contribution in [2.75, 3.05) is 23.3 Å². The Kier molecular flexibility index (Phi) is 6.33. The summed E-state index contributed by atoms with van der Waals surface area (Å²) < 4.78 is 28.2. The fraction of sp³-hybridized carbons (Fsp3) is 0.440. The predicted octanol–water partition coefficient (Wildman–Crippen LogP) is 3.64. The number of amides is 2. The van der Waals surface area contributed by atoms with Crippen LogP contribution in [0.4, 0.5) is 11.4 Å². The first kappa shape index (κ1) is 23.4. The van der Waals surface area contributed by atoms with Gasteiger partial charge in [0.1, 0.15) is 0 Å². The lowest BCUT2D eigenvalue weighted by Gasteiger charge is -2.31. The van der Waals surface area contributed by atoms with E-state index in [1.807, 2.05) is 39.0 Å². The highest BCUT2D eigenvalue weighted by Gasteiger charge is 2.35. The molecular formula is C25H31N3O4S. The number of rotatable bonds is 4. The maximum Gasteiger partial charge on any atom is 0.243 e. The van der Waals surface area contributed by atoms with Crippen LogP contribution in [-0.4, -0.2) is 43.7 Å². The minimum absolute atomic E-state index is 0.00364. The van der Waals surface area contributed by atoms with Crippen LogP contribution in [0.5, 0.6) is 0 Å². The van der Waals surface area contributed by atoms with Crippen LogP contribution in [0.15, 0.2) is 41.3 Å². The fourth-order valence-corrected chi connectivity index (χ4v) is 6.41. The number of fused-ring (bicyclic) bond motifs is 1. The molecular weight excluding hydrogens is 438 g/mol. The molecule has 1 saturated heterocycles. The van der Waals surface area contributed by atoms with Gasteiger partial charge in [0.05, 0.1) is 10.8 Å². The highest BCUT2D eigenvalue weighted by molar-refractivity contribution is 7.89. The van der Waals surface area contributed by atoms with Crippen LogP contribution in [0.2, 0.25) is 0 Å². The first-order valence-electron chi connectivity index (χ1n) is 11.4. The van der Waals surface area contributed by atoms with Crippen LogP contribution in [0.25, 0.3) is 0 Å². The highest BCUT2D eigenvalue weighted by Crippen LogP contribution is 2.35. The Hall–Kier alpha value is -2.71. The summed E-state index contributed by atoms with van der Waals surface area (Å²) in [4.78, 5) is 26.8. The third kappa shape index (κ3) is 4.54. The number of piperidine rings is 1. The topological polar surface area (TPSA) is 86.8 Å². The molecule has 2 atom stereocenters. The van der Waals surface area contributed by atoms with Gasteiger partial charge in [-0.15, -0.1) is 0 Å². The van der Waals surface area contributed by atoms with Crippen molar-refractivity contribution in [3.05, 3.63) is 53.1 Å². The van der Waals surface area contributed by atoms with Gasteiger partial charge in [0.2, 0.25) is 21.8 Å². The zero-order chi connectivity index (χ0) is 23.9. The van der Waals surface area contributed by atoms with Crippen molar-refractivity contribution in [2.24, 2.45) is 5.92 Å². The zero-order valence-electron chi connectivity index (χ0n) is 19.6. The number of nitrogens with one attached hydrogen (secondary N) is 1. The molecule has 0 aliphatic carbocycles. The lowest BCUT2D eigenvalue weighted by molar-refractivity contribution is -0.121. The van der Waals surface area contributed by atoms with Crippen molar-refractivity contribution in [1.29, 1.82) is 0 Å². The Labute approximate surface area is 195 Å². The van der Waals surface area contributed by atoms with Crippen LogP contribution in [0.1, 0.15) is 43.4 Å². The summed E-state index contributed by atoms with van der Waals surface area (Å²) in [5, 5.41) is 2.95. The van der Waals surface area contributed by atoms with Gasteiger partial charge in [0.15, 0.2) is 0 Å². The molecule has 33 heavy (non-hydrogen) atoms. The average molecular weight is 470 g/mol. The van der Waals surface area contributed by atoms with E-state index in [9.17, 15) is 18.0 Å². The number of hydrogen-bond acceptors (Lipinski definition) is 4. The molecule has 2 aliphatic rings. The van der Waals surface area contributed by atoms with E-state index in [4.69, 9.17) is 0 Å². The van der Waals surface area contributed by atoms with E-state index in [1.165, 1.54) is 11.2 Å². The standard InChI is InChI=1S/C25H31N3O4S/c1-16-7-8-22(12-17(16)2)26-25(30)20-6-5-11-27(15-20)33(31,32)23-9-10-24-21(14-23)13-18(3)28(24)19(4)29/h7-10,12,14,18,20H,5-6,11,13,15H2,1-4H3,(H,26,30)/t18-,20-/m1/s1. The number of carbonyl (C=O) groups is 2. The second kappa shape index (κ2) is 8.91. The molecule has 7 nitrogen and oxygen atoms in total. The lowest BCUT2D eigenvalue weighted by atomic mass is 9.98. The van der Waals surface area contributed by atoms with E-state index >= 15 is 0 Å². The Bertz CT molecular complexity index is 1210. The molecule has 176 valence electrons. The molecule has 2 aromatic rings. The molecule has 0 bridgehead atoms. The highest BCUT2D eigenvalue weighted by atomic mass is 32.2. The van der Waals surface area contributed by atoms with Crippen molar-refractivity contribution in [2.45, 2.75) is 57.9 Å². The van der Waals surface area contributed by atoms with Gasteiger partial charge >= 0.3 is 0 Å². The zero-order valence-corrected chi connectivity index (χ0v) is 20.4. The third-order valence-electron chi connectivity index (χ3n) is 6.77. The van der Waals surface area contributed by atoms with Crippen LogP contribution in [-0.2, 0) is 26.0 Å². The van der Waals surface area contributed by atoms with Crippen molar-refractivity contribution in [1.82, 2.24) is 4.31 Å². The van der Waals surface area contributed by atoms with Crippen molar-refractivity contribution >= 4 is 33.2 Å². The van der Waals surface area contributed by atoms with E-state index in [0.717, 1.165) is 28.1 Å². The van der Waals surface area contributed by atoms with Crippen LogP contribution < -0.4 is 10.2 Å². The summed E-state index contributed by atoms with van der Waals surface area (Å²) in [5.74, 6) is -0.610. The van der Waals surface area contributed by atoms with E-state index < -0.39 is 15.9 Å². The molecule has 0 radical (unpaired) electrons. The normalized spacial score (nSPS) is 21.0. The Balaban J connectivity index is 1.51. The summed E-state index contributed by atoms with van der Waals surface area (Å²) in [6.07, 6.45) is 1.90. The Morgan fingerprint density at radius 2 is 1.82 bits per heavy atom. The average Bonchev–Trinajstić information content (AvgIpc) is 3.11. The van der Waals surface area contributed by atoms with Gasteiger partial charge in [-0.25, -0.2) is 8.42 Å². The molecule has 0 saturated carbocycles. The van der Waals surface area contributed by atoms with Crippen molar-refractivity contribution in [3.63, 3.8) is 0 Å². The van der Waals surface area contributed by atoms with Crippen LogP contribution in [0, 0.1) is 19.8 Å². The number of hydrogen-bond donors (Lipinski definition) is 1. The molecule has 1 N–H and O–H groups in total. The summed E-state index contributed by atoms with van der Waals surface area (Å²) >= 11 is 0. The number of benzene rings is 2. The quantitative estimate of drug-likeness (QED) is 0.741. The summed E-state index contributed by atoms with van der Waals surface area (Å²) in [6.45, 7) is 8.04. The van der Waals surface area contributed by atoms with E-state index in [0.29, 0.717) is 25.8 Å². The van der Waals surface area contributed by atoms with E-state index in [-0.39, 0.29) is 29.3 Å². The van der Waals surface area contributed by atoms with Crippen LogP contribution in [0.3, 0.4) is 0 Å². The van der Waals surface area contributed by atoms with Crippen molar-refractivity contribution < 1.29 is 18.0 Å². The SMILES string of the molecule is CC(=O)N1c2ccc(S(=O)(=O)N3CCC[C@@H](C(=O)Nc4ccc(C)c(C)c4)C3)cc2C[C@H]1C. The molecule has 1 fully saturated rings. The molecule has 2 aliphatic heterocycles. The molecule has 4 rings (SSSR count). The largest absolute Gasteiger partial charge is 0.326 e. The van der Waals surface area contributed by atoms with E-state index in [1.54, 1.807) is 23.1 Å². The number of sulfonamides is 1. The van der Waals surface area contributed by atoms with Gasteiger partial charge in [-0.1, -0.05) is 6.07 Å². The van der Waals surface area contributed by atoms with Gasteiger partial charge in [0.25, 0.3) is 0 Å². The van der Waals surface area contributed by atoms with Gasteiger partial charge in [0, 0.05) is 37.4 Å². The number of aryl methyl sites for hydroxylation is 2. The van der Waals surface area contributed by atoms with Gasteiger partial charge in [-0.05, 0) is 87.1 Å². The second-order valence-corrected chi connectivity index (χ2v) is 11.2. The minimum atomic E-state index is -3.74. The van der Waals surface area contributed by atoms with Crippen LogP contribution >= 0.6 is 0 Å². The Morgan fingerprint density at radius 3 is 2.52 bits per heavy atom. The smallest absolute Gasteiger partial charge is 0.243 e. The van der Waals surface area contributed by atoms with Gasteiger partial charge < -0.3 is 10.2 Å². The predicted molar refractivity (Wildman–Crippen MR) is 129 cm³/mol.